The van der Waals surface area contributed by atoms with Crippen molar-refractivity contribution in [1.29, 1.82) is 0 Å². The zero-order chi connectivity index (χ0) is 28.2. The zero-order valence-electron chi connectivity index (χ0n) is 22.2. The van der Waals surface area contributed by atoms with Gasteiger partial charge in [0.15, 0.2) is 11.5 Å². The van der Waals surface area contributed by atoms with Gasteiger partial charge in [-0.2, -0.15) is 0 Å². The maximum Gasteiger partial charge on any atom is 0.276 e. The number of nitrogens with zero attached hydrogens (tertiary/aromatic N) is 3. The van der Waals surface area contributed by atoms with Crippen molar-refractivity contribution in [2.75, 3.05) is 45.1 Å². The summed E-state index contributed by atoms with van der Waals surface area (Å²) in [5.74, 6) is -1.71. The van der Waals surface area contributed by atoms with Crippen molar-refractivity contribution in [1.82, 2.24) is 25.1 Å². The first kappa shape index (κ1) is 28.4. The minimum atomic E-state index is -0.541. The predicted molar refractivity (Wildman–Crippen MR) is 148 cm³/mol. The number of imidazole rings is 1. The number of halogens is 2. The SMILES string of the molecule is CN1CCN(CC(C)(C)NC(=O)c2[nH]cnc2C(=O)Nc2ccc(CC(=O)c3ccc(F)cc3Cl)cc2)CC1. The van der Waals surface area contributed by atoms with E-state index in [1.807, 2.05) is 13.8 Å². The predicted octanol–water partition coefficient (Wildman–Crippen LogP) is 3.64. The van der Waals surface area contributed by atoms with Gasteiger partial charge in [-0.3, -0.25) is 19.3 Å². The molecule has 0 spiro atoms. The van der Waals surface area contributed by atoms with Crippen LogP contribution in [0.3, 0.4) is 0 Å². The molecule has 0 atom stereocenters. The van der Waals surface area contributed by atoms with Crippen LogP contribution < -0.4 is 10.6 Å². The first-order chi connectivity index (χ1) is 18.5. The molecule has 3 N–H and O–H groups in total. The first-order valence-corrected chi connectivity index (χ1v) is 13.0. The van der Waals surface area contributed by atoms with Crippen molar-refractivity contribution in [2.45, 2.75) is 25.8 Å². The molecule has 0 bridgehead atoms. The number of rotatable bonds is 9. The molecule has 1 saturated heterocycles. The van der Waals surface area contributed by atoms with Crippen LogP contribution in [0, 0.1) is 5.82 Å². The molecule has 4 rings (SSSR count). The molecule has 1 aliphatic rings. The van der Waals surface area contributed by atoms with E-state index in [1.54, 1.807) is 24.3 Å². The Kier molecular flexibility index (Phi) is 8.79. The van der Waals surface area contributed by atoms with Crippen molar-refractivity contribution in [3.8, 4) is 0 Å². The van der Waals surface area contributed by atoms with Crippen LogP contribution in [0.4, 0.5) is 10.1 Å². The molecule has 39 heavy (non-hydrogen) atoms. The zero-order valence-corrected chi connectivity index (χ0v) is 22.9. The van der Waals surface area contributed by atoms with Crippen LogP contribution in [0.1, 0.15) is 50.7 Å². The minimum Gasteiger partial charge on any atom is -0.345 e. The Labute approximate surface area is 231 Å². The fourth-order valence-corrected chi connectivity index (χ4v) is 4.78. The number of benzene rings is 2. The second kappa shape index (κ2) is 12.1. The number of amides is 2. The number of carbonyl (C=O) groups excluding carboxylic acids is 3. The number of aromatic nitrogens is 2. The number of nitrogens with one attached hydrogen (secondary N) is 3. The van der Waals surface area contributed by atoms with Crippen LogP contribution in [-0.2, 0) is 6.42 Å². The number of aromatic amines is 1. The summed E-state index contributed by atoms with van der Waals surface area (Å²) in [6.45, 7) is 8.42. The number of ketones is 1. The molecule has 206 valence electrons. The van der Waals surface area contributed by atoms with Gasteiger partial charge in [-0.25, -0.2) is 9.37 Å². The summed E-state index contributed by atoms with van der Waals surface area (Å²) < 4.78 is 13.3. The Hall–Kier alpha value is -3.60. The van der Waals surface area contributed by atoms with Gasteiger partial charge in [0.1, 0.15) is 11.5 Å². The fraction of sp³-hybridized carbons (Fsp3) is 0.357. The molecule has 1 fully saturated rings. The average Bonchev–Trinajstić information content (AvgIpc) is 3.37. The molecule has 2 aromatic carbocycles. The number of hydrogen-bond donors (Lipinski definition) is 3. The van der Waals surface area contributed by atoms with E-state index in [0.717, 1.165) is 32.2 Å². The summed E-state index contributed by atoms with van der Waals surface area (Å²) in [5, 5.41) is 5.81. The topological polar surface area (TPSA) is 110 Å². The molecule has 2 amide bonds. The smallest absolute Gasteiger partial charge is 0.276 e. The van der Waals surface area contributed by atoms with Crippen LogP contribution in [0.2, 0.25) is 5.02 Å². The monoisotopic (exact) mass is 554 g/mol. The van der Waals surface area contributed by atoms with E-state index in [4.69, 9.17) is 11.6 Å². The highest BCUT2D eigenvalue weighted by Gasteiger charge is 2.29. The summed E-state index contributed by atoms with van der Waals surface area (Å²) in [6, 6.07) is 10.4. The number of H-pyrrole nitrogens is 1. The quantitative estimate of drug-likeness (QED) is 0.348. The van der Waals surface area contributed by atoms with Crippen LogP contribution in [0.15, 0.2) is 48.8 Å². The highest BCUT2D eigenvalue weighted by molar-refractivity contribution is 6.34. The number of likely N-dealkylation sites (N-methyl/N-ethyl adjacent to an activating group) is 1. The first-order valence-electron chi connectivity index (χ1n) is 12.7. The largest absolute Gasteiger partial charge is 0.345 e. The molecule has 11 heteroatoms. The van der Waals surface area contributed by atoms with Crippen molar-refractivity contribution >= 4 is 34.9 Å². The van der Waals surface area contributed by atoms with E-state index in [0.29, 0.717) is 17.8 Å². The molecule has 1 aromatic heterocycles. The van der Waals surface area contributed by atoms with E-state index in [-0.39, 0.29) is 34.2 Å². The Morgan fingerprint density at radius 3 is 2.41 bits per heavy atom. The third kappa shape index (κ3) is 7.50. The molecular weight excluding hydrogens is 523 g/mol. The Morgan fingerprint density at radius 1 is 1.05 bits per heavy atom. The molecule has 0 saturated carbocycles. The normalized spacial score (nSPS) is 14.7. The Morgan fingerprint density at radius 2 is 1.74 bits per heavy atom. The Balaban J connectivity index is 1.35. The molecule has 9 nitrogen and oxygen atoms in total. The third-order valence-corrected chi connectivity index (χ3v) is 6.87. The molecule has 1 aliphatic heterocycles. The van der Waals surface area contributed by atoms with Gasteiger partial charge in [0.2, 0.25) is 0 Å². The molecule has 0 aliphatic carbocycles. The van der Waals surface area contributed by atoms with Crippen LogP contribution in [0.25, 0.3) is 0 Å². The summed E-state index contributed by atoms with van der Waals surface area (Å²) in [6.07, 6.45) is 1.37. The van der Waals surface area contributed by atoms with Crippen molar-refractivity contribution in [2.24, 2.45) is 0 Å². The summed E-state index contributed by atoms with van der Waals surface area (Å²) >= 11 is 5.99. The van der Waals surface area contributed by atoms with E-state index in [2.05, 4.69) is 37.4 Å². The lowest BCUT2D eigenvalue weighted by Crippen LogP contribution is -2.55. The lowest BCUT2D eigenvalue weighted by atomic mass is 10.0. The second-order valence-electron chi connectivity index (χ2n) is 10.4. The number of Topliss-reactive ketones (excluding diaryl/α,β-unsaturated/α-hetero) is 1. The van der Waals surface area contributed by atoms with Crippen LogP contribution in [-0.4, -0.2) is 82.7 Å². The minimum absolute atomic E-state index is 0.0203. The number of hydrogen-bond acceptors (Lipinski definition) is 6. The fourth-order valence-electron chi connectivity index (χ4n) is 4.51. The molecular formula is C28H32ClFN6O3. The van der Waals surface area contributed by atoms with Crippen LogP contribution in [0.5, 0.6) is 0 Å². The van der Waals surface area contributed by atoms with Crippen molar-refractivity contribution in [3.05, 3.63) is 82.1 Å². The van der Waals surface area contributed by atoms with Crippen molar-refractivity contribution in [3.63, 3.8) is 0 Å². The standard InChI is InChI=1S/C28H32ClFN6O3/c1-28(2,16-36-12-10-35(3)11-13-36)34-27(39)25-24(31-17-32-25)26(38)33-20-7-4-18(5-8-20)14-23(37)21-9-6-19(30)15-22(21)29/h4-9,15,17H,10-14,16H2,1-3H3,(H,31,32)(H,33,38)(H,34,39). The highest BCUT2D eigenvalue weighted by Crippen LogP contribution is 2.20. The average molecular weight is 555 g/mol. The van der Waals surface area contributed by atoms with Gasteiger partial charge < -0.3 is 20.5 Å². The maximum absolute atomic E-state index is 13.3. The van der Waals surface area contributed by atoms with Gasteiger partial charge in [0.25, 0.3) is 11.8 Å². The van der Waals surface area contributed by atoms with E-state index in [9.17, 15) is 18.8 Å². The van der Waals surface area contributed by atoms with Gasteiger partial charge in [-0.15, -0.1) is 0 Å². The molecule has 2 heterocycles. The molecule has 3 aromatic rings. The number of carbonyl (C=O) groups is 3. The van der Waals surface area contributed by atoms with E-state index < -0.39 is 23.2 Å². The third-order valence-electron chi connectivity index (χ3n) is 6.56. The van der Waals surface area contributed by atoms with Gasteiger partial charge in [-0.05, 0) is 56.8 Å². The van der Waals surface area contributed by atoms with Crippen LogP contribution >= 0.6 is 11.6 Å². The van der Waals surface area contributed by atoms with E-state index >= 15 is 0 Å². The lowest BCUT2D eigenvalue weighted by Gasteiger charge is -2.38. The molecule has 0 unspecified atom stereocenters. The van der Waals surface area contributed by atoms with Crippen molar-refractivity contribution < 1.29 is 18.8 Å². The molecule has 0 radical (unpaired) electrons. The van der Waals surface area contributed by atoms with Gasteiger partial charge in [-0.1, -0.05) is 23.7 Å². The van der Waals surface area contributed by atoms with Gasteiger partial charge >= 0.3 is 0 Å². The van der Waals surface area contributed by atoms with Gasteiger partial charge in [0, 0.05) is 55.9 Å². The second-order valence-corrected chi connectivity index (χ2v) is 10.8. The van der Waals surface area contributed by atoms with E-state index in [1.165, 1.54) is 18.5 Å². The maximum atomic E-state index is 13.3. The summed E-state index contributed by atoms with van der Waals surface area (Å²) in [4.78, 5) is 50.0. The number of anilines is 1. The number of piperazine rings is 1. The van der Waals surface area contributed by atoms with Gasteiger partial charge in [0.05, 0.1) is 11.3 Å². The lowest BCUT2D eigenvalue weighted by molar-refractivity contribution is 0.0839. The summed E-state index contributed by atoms with van der Waals surface area (Å²) in [7, 11) is 2.09. The summed E-state index contributed by atoms with van der Waals surface area (Å²) in [5.41, 5.74) is 0.954. The Bertz CT molecular complexity index is 1350. The highest BCUT2D eigenvalue weighted by atomic mass is 35.5.